The summed E-state index contributed by atoms with van der Waals surface area (Å²) in [5.74, 6) is -0.162. The number of rotatable bonds is 7. The number of aromatic nitrogens is 4. The SMILES string of the molecule is CCCn1nnnc1COC(=O)c1ccc(NC(=O)c2cccs2)cc1. The molecule has 0 atom stereocenters. The summed E-state index contributed by atoms with van der Waals surface area (Å²) < 4.78 is 6.86. The van der Waals surface area contributed by atoms with Gasteiger partial charge in [0.2, 0.25) is 0 Å². The monoisotopic (exact) mass is 371 g/mol. The second kappa shape index (κ2) is 8.34. The fourth-order valence-corrected chi connectivity index (χ4v) is 2.83. The minimum atomic E-state index is -0.479. The predicted molar refractivity (Wildman–Crippen MR) is 95.9 cm³/mol. The largest absolute Gasteiger partial charge is 0.454 e. The van der Waals surface area contributed by atoms with Crippen LogP contribution in [0.15, 0.2) is 41.8 Å². The Balaban J connectivity index is 1.56. The van der Waals surface area contributed by atoms with E-state index in [-0.39, 0.29) is 12.5 Å². The van der Waals surface area contributed by atoms with Crippen LogP contribution in [0.2, 0.25) is 0 Å². The number of thiophene rings is 1. The van der Waals surface area contributed by atoms with E-state index in [9.17, 15) is 9.59 Å². The van der Waals surface area contributed by atoms with E-state index in [2.05, 4.69) is 20.8 Å². The molecule has 1 amide bonds. The predicted octanol–water partition coefficient (Wildman–Crippen LogP) is 2.75. The molecule has 0 fully saturated rings. The molecule has 0 radical (unpaired) electrons. The first-order chi connectivity index (χ1) is 12.7. The Bertz CT molecular complexity index is 874. The minimum Gasteiger partial charge on any atom is -0.454 e. The Labute approximate surface area is 153 Å². The summed E-state index contributed by atoms with van der Waals surface area (Å²) in [6.07, 6.45) is 0.880. The molecule has 8 nitrogen and oxygen atoms in total. The lowest BCUT2D eigenvalue weighted by atomic mass is 10.2. The standard InChI is InChI=1S/C17H17N5O3S/c1-2-9-22-15(19-20-21-22)11-25-17(24)12-5-7-13(8-6-12)18-16(23)14-4-3-10-26-14/h3-8,10H,2,9,11H2,1H3,(H,18,23). The van der Waals surface area contributed by atoms with Gasteiger partial charge >= 0.3 is 5.97 Å². The Morgan fingerprint density at radius 1 is 1.23 bits per heavy atom. The summed E-state index contributed by atoms with van der Waals surface area (Å²) >= 11 is 1.36. The number of hydrogen-bond acceptors (Lipinski definition) is 7. The highest BCUT2D eigenvalue weighted by Gasteiger charge is 2.12. The summed E-state index contributed by atoms with van der Waals surface area (Å²) in [5, 5.41) is 15.9. The van der Waals surface area contributed by atoms with E-state index in [0.717, 1.165) is 6.42 Å². The van der Waals surface area contributed by atoms with Crippen molar-refractivity contribution < 1.29 is 14.3 Å². The van der Waals surface area contributed by atoms with Crippen molar-refractivity contribution in [1.82, 2.24) is 20.2 Å². The van der Waals surface area contributed by atoms with E-state index in [4.69, 9.17) is 4.74 Å². The number of nitrogens with one attached hydrogen (secondary N) is 1. The van der Waals surface area contributed by atoms with E-state index in [0.29, 0.717) is 28.5 Å². The van der Waals surface area contributed by atoms with Crippen molar-refractivity contribution in [2.24, 2.45) is 0 Å². The van der Waals surface area contributed by atoms with E-state index in [1.807, 2.05) is 18.4 Å². The molecule has 0 aliphatic carbocycles. The first kappa shape index (κ1) is 17.7. The number of tetrazole rings is 1. The second-order valence-corrected chi connectivity index (χ2v) is 6.35. The molecule has 1 aromatic carbocycles. The maximum atomic E-state index is 12.1. The van der Waals surface area contributed by atoms with Gasteiger partial charge in [-0.1, -0.05) is 13.0 Å². The van der Waals surface area contributed by atoms with Crippen LogP contribution in [-0.2, 0) is 17.9 Å². The van der Waals surface area contributed by atoms with Crippen LogP contribution >= 0.6 is 11.3 Å². The van der Waals surface area contributed by atoms with Crippen LogP contribution in [0.3, 0.4) is 0 Å². The first-order valence-electron chi connectivity index (χ1n) is 8.04. The van der Waals surface area contributed by atoms with Gasteiger partial charge in [-0.2, -0.15) is 0 Å². The highest BCUT2D eigenvalue weighted by Crippen LogP contribution is 2.15. The number of amides is 1. The summed E-state index contributed by atoms with van der Waals surface area (Å²) in [6, 6.07) is 10.1. The first-order valence-corrected chi connectivity index (χ1v) is 8.92. The fraction of sp³-hybridized carbons (Fsp3) is 0.235. The second-order valence-electron chi connectivity index (χ2n) is 5.40. The lowest BCUT2D eigenvalue weighted by molar-refractivity contribution is 0.0456. The Kier molecular flexibility index (Phi) is 5.69. The van der Waals surface area contributed by atoms with E-state index >= 15 is 0 Å². The average molecular weight is 371 g/mol. The van der Waals surface area contributed by atoms with Gasteiger partial charge < -0.3 is 10.1 Å². The normalized spacial score (nSPS) is 10.5. The van der Waals surface area contributed by atoms with Crippen molar-refractivity contribution in [3.63, 3.8) is 0 Å². The number of esters is 1. The molecule has 26 heavy (non-hydrogen) atoms. The molecule has 0 aliphatic heterocycles. The lowest BCUT2D eigenvalue weighted by Crippen LogP contribution is -2.12. The summed E-state index contributed by atoms with van der Waals surface area (Å²) in [5.41, 5.74) is 0.987. The summed E-state index contributed by atoms with van der Waals surface area (Å²) in [7, 11) is 0. The van der Waals surface area contributed by atoms with E-state index in [1.165, 1.54) is 11.3 Å². The van der Waals surface area contributed by atoms with Crippen molar-refractivity contribution >= 4 is 28.9 Å². The van der Waals surface area contributed by atoms with Crippen LogP contribution < -0.4 is 5.32 Å². The molecular weight excluding hydrogens is 354 g/mol. The van der Waals surface area contributed by atoms with Gasteiger partial charge in [-0.3, -0.25) is 4.79 Å². The molecule has 0 spiro atoms. The molecule has 0 aliphatic rings. The van der Waals surface area contributed by atoms with Crippen LogP contribution in [0.1, 0.15) is 39.2 Å². The molecule has 0 saturated carbocycles. The van der Waals surface area contributed by atoms with Gasteiger partial charge in [0.15, 0.2) is 12.4 Å². The maximum Gasteiger partial charge on any atom is 0.338 e. The third kappa shape index (κ3) is 4.31. The quantitative estimate of drug-likeness (QED) is 0.641. The van der Waals surface area contributed by atoms with Crippen molar-refractivity contribution in [2.45, 2.75) is 26.5 Å². The molecule has 1 N–H and O–H groups in total. The molecule has 9 heteroatoms. The van der Waals surface area contributed by atoms with Gasteiger partial charge in [0, 0.05) is 12.2 Å². The number of benzene rings is 1. The molecule has 0 bridgehead atoms. The zero-order valence-electron chi connectivity index (χ0n) is 14.1. The van der Waals surface area contributed by atoms with Crippen LogP contribution in [0.4, 0.5) is 5.69 Å². The van der Waals surface area contributed by atoms with Gasteiger partial charge in [0.1, 0.15) is 0 Å². The van der Waals surface area contributed by atoms with E-state index in [1.54, 1.807) is 35.0 Å². The van der Waals surface area contributed by atoms with Crippen molar-refractivity contribution in [3.8, 4) is 0 Å². The molecular formula is C17H17N5O3S. The number of nitrogens with zero attached hydrogens (tertiary/aromatic N) is 4. The molecule has 0 unspecified atom stereocenters. The molecule has 3 aromatic rings. The summed E-state index contributed by atoms with van der Waals surface area (Å²) in [6.45, 7) is 2.68. The number of aryl methyl sites for hydroxylation is 1. The fourth-order valence-electron chi connectivity index (χ4n) is 2.22. The van der Waals surface area contributed by atoms with Gasteiger partial charge in [0.25, 0.3) is 5.91 Å². The topological polar surface area (TPSA) is 99.0 Å². The average Bonchev–Trinajstić information content (AvgIpc) is 3.33. The Morgan fingerprint density at radius 3 is 2.73 bits per heavy atom. The van der Waals surface area contributed by atoms with Gasteiger partial charge in [-0.25, -0.2) is 9.48 Å². The van der Waals surface area contributed by atoms with Gasteiger partial charge in [-0.15, -0.1) is 16.4 Å². The van der Waals surface area contributed by atoms with Gasteiger partial charge in [-0.05, 0) is 52.6 Å². The third-order valence-electron chi connectivity index (χ3n) is 3.50. The smallest absolute Gasteiger partial charge is 0.338 e. The van der Waals surface area contributed by atoms with Gasteiger partial charge in [0.05, 0.1) is 10.4 Å². The van der Waals surface area contributed by atoms with Crippen LogP contribution in [0.25, 0.3) is 0 Å². The number of carbonyl (C=O) groups is 2. The summed E-state index contributed by atoms with van der Waals surface area (Å²) in [4.78, 5) is 24.8. The molecule has 0 saturated heterocycles. The highest BCUT2D eigenvalue weighted by atomic mass is 32.1. The third-order valence-corrected chi connectivity index (χ3v) is 4.37. The maximum absolute atomic E-state index is 12.1. The lowest BCUT2D eigenvalue weighted by Gasteiger charge is -2.07. The number of hydrogen-bond donors (Lipinski definition) is 1. The van der Waals surface area contributed by atoms with Crippen molar-refractivity contribution in [2.75, 3.05) is 5.32 Å². The van der Waals surface area contributed by atoms with Crippen molar-refractivity contribution in [3.05, 3.63) is 58.0 Å². The molecule has 134 valence electrons. The highest BCUT2D eigenvalue weighted by molar-refractivity contribution is 7.12. The molecule has 2 heterocycles. The number of ether oxygens (including phenoxy) is 1. The van der Waals surface area contributed by atoms with Crippen LogP contribution in [0.5, 0.6) is 0 Å². The van der Waals surface area contributed by atoms with Crippen LogP contribution in [0, 0.1) is 0 Å². The zero-order chi connectivity index (χ0) is 18.4. The van der Waals surface area contributed by atoms with E-state index < -0.39 is 5.97 Å². The molecule has 3 rings (SSSR count). The Hall–Kier alpha value is -3.07. The molecule has 2 aromatic heterocycles. The van der Waals surface area contributed by atoms with Crippen LogP contribution in [-0.4, -0.2) is 32.1 Å². The number of carbonyl (C=O) groups excluding carboxylic acids is 2. The Morgan fingerprint density at radius 2 is 2.04 bits per heavy atom. The van der Waals surface area contributed by atoms with Crippen molar-refractivity contribution in [1.29, 1.82) is 0 Å². The minimum absolute atomic E-state index is 0.00268. The zero-order valence-corrected chi connectivity index (χ0v) is 14.9. The number of anilines is 1.